The largest absolute Gasteiger partial charge is 0.381 e. The number of hydrogen-bond acceptors (Lipinski definition) is 3. The van der Waals surface area contributed by atoms with Gasteiger partial charge in [-0.05, 0) is 25.7 Å². The minimum atomic E-state index is 0.126. The predicted molar refractivity (Wildman–Crippen MR) is 56.3 cm³/mol. The van der Waals surface area contributed by atoms with Crippen LogP contribution in [0.3, 0.4) is 0 Å². The van der Waals surface area contributed by atoms with Gasteiger partial charge in [0.2, 0.25) is 0 Å². The smallest absolute Gasteiger partial charge is 0.0737 e. The number of nitriles is 1. The third-order valence-electron chi connectivity index (χ3n) is 3.40. The van der Waals surface area contributed by atoms with Crippen molar-refractivity contribution in [2.24, 2.45) is 5.92 Å². The molecule has 1 heterocycles. The molecule has 2 fully saturated rings. The lowest BCUT2D eigenvalue weighted by molar-refractivity contribution is -0.0892. The molecule has 0 aromatic carbocycles. The fourth-order valence-corrected chi connectivity index (χ4v) is 2.47. The second-order valence-electron chi connectivity index (χ2n) is 4.51. The van der Waals surface area contributed by atoms with E-state index >= 15 is 0 Å². The summed E-state index contributed by atoms with van der Waals surface area (Å²) in [5.74, 6) is 0.126. The van der Waals surface area contributed by atoms with Crippen LogP contribution in [0.2, 0.25) is 0 Å². The van der Waals surface area contributed by atoms with E-state index in [2.05, 4.69) is 6.07 Å². The van der Waals surface area contributed by atoms with Crippen LogP contribution < -0.4 is 0 Å². The first-order valence-electron chi connectivity index (χ1n) is 6.03. The Morgan fingerprint density at radius 1 is 1.07 bits per heavy atom. The summed E-state index contributed by atoms with van der Waals surface area (Å²) in [5, 5.41) is 9.04. The van der Waals surface area contributed by atoms with Gasteiger partial charge in [0, 0.05) is 13.2 Å². The quantitative estimate of drug-likeness (QED) is 0.700. The molecule has 0 spiro atoms. The highest BCUT2D eigenvalue weighted by Crippen LogP contribution is 2.28. The molecule has 0 aromatic rings. The third-order valence-corrected chi connectivity index (χ3v) is 3.40. The molecular formula is C12H19NO2. The SMILES string of the molecule is N#CC1CCCCC1OC1CCOCC1. The predicted octanol–water partition coefficient (Wildman–Crippen LogP) is 2.26. The van der Waals surface area contributed by atoms with Crippen LogP contribution in [-0.4, -0.2) is 25.4 Å². The summed E-state index contributed by atoms with van der Waals surface area (Å²) in [7, 11) is 0. The van der Waals surface area contributed by atoms with Crippen molar-refractivity contribution < 1.29 is 9.47 Å². The first-order chi connectivity index (χ1) is 7.40. The summed E-state index contributed by atoms with van der Waals surface area (Å²) >= 11 is 0. The Morgan fingerprint density at radius 3 is 2.53 bits per heavy atom. The van der Waals surface area contributed by atoms with E-state index < -0.39 is 0 Å². The van der Waals surface area contributed by atoms with Crippen molar-refractivity contribution in [3.05, 3.63) is 0 Å². The standard InChI is InChI=1S/C12H19NO2/c13-9-10-3-1-2-4-12(10)15-11-5-7-14-8-6-11/h10-12H,1-8H2. The van der Waals surface area contributed by atoms with Crippen LogP contribution in [-0.2, 0) is 9.47 Å². The zero-order chi connectivity index (χ0) is 10.5. The summed E-state index contributed by atoms with van der Waals surface area (Å²) in [5.41, 5.74) is 0. The molecule has 1 aliphatic heterocycles. The van der Waals surface area contributed by atoms with Gasteiger partial charge in [-0.2, -0.15) is 5.26 Å². The molecule has 15 heavy (non-hydrogen) atoms. The van der Waals surface area contributed by atoms with Crippen LogP contribution in [0, 0.1) is 17.2 Å². The Kier molecular flexibility index (Phi) is 3.99. The lowest BCUT2D eigenvalue weighted by Gasteiger charge is -2.32. The van der Waals surface area contributed by atoms with Crippen molar-refractivity contribution in [3.63, 3.8) is 0 Å². The fourth-order valence-electron chi connectivity index (χ4n) is 2.47. The summed E-state index contributed by atoms with van der Waals surface area (Å²) in [6.45, 7) is 1.63. The molecule has 0 aromatic heterocycles. The van der Waals surface area contributed by atoms with Gasteiger partial charge in [-0.15, -0.1) is 0 Å². The van der Waals surface area contributed by atoms with E-state index in [-0.39, 0.29) is 12.0 Å². The van der Waals surface area contributed by atoms with Gasteiger partial charge >= 0.3 is 0 Å². The highest BCUT2D eigenvalue weighted by atomic mass is 16.5. The number of hydrogen-bond donors (Lipinski definition) is 0. The number of ether oxygens (including phenoxy) is 2. The van der Waals surface area contributed by atoms with E-state index in [1.165, 1.54) is 12.8 Å². The molecule has 2 rings (SSSR count). The highest BCUT2D eigenvalue weighted by molar-refractivity contribution is 4.92. The molecular weight excluding hydrogens is 190 g/mol. The van der Waals surface area contributed by atoms with Crippen molar-refractivity contribution in [1.29, 1.82) is 5.26 Å². The molecule has 2 unspecified atom stereocenters. The Hall–Kier alpha value is -0.590. The van der Waals surface area contributed by atoms with E-state index in [4.69, 9.17) is 14.7 Å². The second kappa shape index (κ2) is 5.48. The molecule has 2 atom stereocenters. The molecule has 2 aliphatic rings. The third kappa shape index (κ3) is 2.93. The minimum absolute atomic E-state index is 0.126. The fraction of sp³-hybridized carbons (Fsp3) is 0.917. The first-order valence-corrected chi connectivity index (χ1v) is 6.03. The van der Waals surface area contributed by atoms with Gasteiger partial charge in [0.15, 0.2) is 0 Å². The second-order valence-corrected chi connectivity index (χ2v) is 4.51. The summed E-state index contributed by atoms with van der Waals surface area (Å²) in [4.78, 5) is 0. The Balaban J connectivity index is 1.83. The molecule has 3 nitrogen and oxygen atoms in total. The topological polar surface area (TPSA) is 42.2 Å². The molecule has 0 radical (unpaired) electrons. The van der Waals surface area contributed by atoms with E-state index in [9.17, 15) is 0 Å². The van der Waals surface area contributed by atoms with Crippen LogP contribution in [0.1, 0.15) is 38.5 Å². The van der Waals surface area contributed by atoms with E-state index in [0.29, 0.717) is 6.10 Å². The maximum Gasteiger partial charge on any atom is 0.0737 e. The van der Waals surface area contributed by atoms with Gasteiger partial charge in [0.05, 0.1) is 24.2 Å². The lowest BCUT2D eigenvalue weighted by Crippen LogP contribution is -2.34. The van der Waals surface area contributed by atoms with Crippen LogP contribution in [0.4, 0.5) is 0 Å². The van der Waals surface area contributed by atoms with Crippen molar-refractivity contribution in [2.75, 3.05) is 13.2 Å². The molecule has 1 aliphatic carbocycles. The summed E-state index contributed by atoms with van der Waals surface area (Å²) in [6, 6.07) is 2.39. The molecule has 1 saturated carbocycles. The zero-order valence-electron chi connectivity index (χ0n) is 9.15. The molecule has 0 amide bonds. The normalized spacial score (nSPS) is 33.5. The first kappa shape index (κ1) is 10.9. The van der Waals surface area contributed by atoms with Crippen molar-refractivity contribution in [1.82, 2.24) is 0 Å². The average Bonchev–Trinajstić information content (AvgIpc) is 2.31. The van der Waals surface area contributed by atoms with Gasteiger partial charge in [-0.25, -0.2) is 0 Å². The zero-order valence-corrected chi connectivity index (χ0v) is 9.15. The highest BCUT2D eigenvalue weighted by Gasteiger charge is 2.28. The van der Waals surface area contributed by atoms with E-state index in [1.54, 1.807) is 0 Å². The van der Waals surface area contributed by atoms with Crippen molar-refractivity contribution in [2.45, 2.75) is 50.7 Å². The maximum atomic E-state index is 9.04. The van der Waals surface area contributed by atoms with Crippen LogP contribution >= 0.6 is 0 Å². The molecule has 1 saturated heterocycles. The Labute approximate surface area is 91.4 Å². The lowest BCUT2D eigenvalue weighted by atomic mass is 9.87. The molecule has 0 N–H and O–H groups in total. The summed E-state index contributed by atoms with van der Waals surface area (Å²) < 4.78 is 11.3. The summed E-state index contributed by atoms with van der Waals surface area (Å²) in [6.07, 6.45) is 6.99. The minimum Gasteiger partial charge on any atom is -0.381 e. The molecule has 0 bridgehead atoms. The van der Waals surface area contributed by atoms with Crippen molar-refractivity contribution in [3.8, 4) is 6.07 Å². The van der Waals surface area contributed by atoms with Crippen LogP contribution in [0.15, 0.2) is 0 Å². The van der Waals surface area contributed by atoms with E-state index in [1.807, 2.05) is 0 Å². The van der Waals surface area contributed by atoms with Gasteiger partial charge in [-0.1, -0.05) is 12.8 Å². The van der Waals surface area contributed by atoms with Gasteiger partial charge in [-0.3, -0.25) is 0 Å². The van der Waals surface area contributed by atoms with Gasteiger partial charge < -0.3 is 9.47 Å². The number of rotatable bonds is 2. The average molecular weight is 209 g/mol. The van der Waals surface area contributed by atoms with Gasteiger partial charge in [0.25, 0.3) is 0 Å². The number of nitrogens with zero attached hydrogens (tertiary/aromatic N) is 1. The Morgan fingerprint density at radius 2 is 1.80 bits per heavy atom. The monoisotopic (exact) mass is 209 g/mol. The molecule has 84 valence electrons. The maximum absolute atomic E-state index is 9.04. The Bertz CT molecular complexity index is 230. The molecule has 3 heteroatoms. The van der Waals surface area contributed by atoms with E-state index in [0.717, 1.165) is 38.9 Å². The van der Waals surface area contributed by atoms with Crippen LogP contribution in [0.5, 0.6) is 0 Å². The van der Waals surface area contributed by atoms with Crippen LogP contribution in [0.25, 0.3) is 0 Å². The van der Waals surface area contributed by atoms with Crippen molar-refractivity contribution >= 4 is 0 Å². The van der Waals surface area contributed by atoms with Gasteiger partial charge in [0.1, 0.15) is 0 Å².